The molecule has 0 radical (unpaired) electrons. The molecule has 0 rings (SSSR count). The fourth-order valence-electron chi connectivity index (χ4n) is 1.21. The van der Waals surface area contributed by atoms with Gasteiger partial charge in [0.25, 0.3) is 0 Å². The minimum absolute atomic E-state index is 0.820. The van der Waals surface area contributed by atoms with Crippen molar-refractivity contribution >= 4 is 19.7 Å². The fourth-order valence-corrected chi connectivity index (χ4v) is 3.63. The molecule has 0 aliphatic heterocycles. The zero-order valence-corrected chi connectivity index (χ0v) is 9.62. The Labute approximate surface area is 76.7 Å². The summed E-state index contributed by atoms with van der Waals surface area (Å²) in [4.78, 5) is 0. The first kappa shape index (κ1) is 11.2. The maximum atomic E-state index is 5.60. The van der Waals surface area contributed by atoms with Gasteiger partial charge in [-0.1, -0.05) is 37.3 Å². The lowest BCUT2D eigenvalue weighted by atomic mass is 10.4. The molecule has 11 heavy (non-hydrogen) atoms. The Hall–Kier alpha value is 0.247. The number of hydrogen-bond donors (Lipinski definition) is 0. The van der Waals surface area contributed by atoms with Gasteiger partial charge >= 0.3 is 0 Å². The van der Waals surface area contributed by atoms with Gasteiger partial charge in [0.15, 0.2) is 0 Å². The van der Waals surface area contributed by atoms with Crippen molar-refractivity contribution in [3.8, 4) is 0 Å². The number of unbranched alkanes of at least 4 members (excludes halogenated alkanes) is 1. The Balaban J connectivity index is 3.55. The first-order valence-corrected chi connectivity index (χ1v) is 8.14. The zero-order chi connectivity index (χ0) is 8.74. The van der Waals surface area contributed by atoms with Crippen molar-refractivity contribution in [2.24, 2.45) is 0 Å². The highest BCUT2D eigenvalue weighted by Gasteiger charge is 2.14. The van der Waals surface area contributed by atoms with Crippen molar-refractivity contribution in [2.45, 2.75) is 38.9 Å². The number of rotatable bonds is 5. The summed E-state index contributed by atoms with van der Waals surface area (Å²) in [6, 6.07) is 1.38. The summed E-state index contributed by atoms with van der Waals surface area (Å²) in [6.45, 7) is 6.92. The first-order valence-electron chi connectivity index (χ1n) is 4.32. The highest BCUT2D eigenvalue weighted by Crippen LogP contribution is 2.15. The van der Waals surface area contributed by atoms with Gasteiger partial charge in [-0.15, -0.1) is 11.6 Å². The highest BCUT2D eigenvalue weighted by molar-refractivity contribution is 6.82. The number of hydrogen-bond acceptors (Lipinski definition) is 0. The van der Waals surface area contributed by atoms with Crippen molar-refractivity contribution in [2.75, 3.05) is 5.88 Å². The van der Waals surface area contributed by atoms with Crippen molar-refractivity contribution in [3.05, 3.63) is 11.8 Å². The molecule has 0 aromatic heterocycles. The van der Waals surface area contributed by atoms with Crippen LogP contribution in [0.2, 0.25) is 19.1 Å². The van der Waals surface area contributed by atoms with E-state index in [0.717, 1.165) is 5.88 Å². The molecule has 66 valence electrons. The average molecular weight is 191 g/mol. The van der Waals surface area contributed by atoms with E-state index in [1.807, 2.05) is 0 Å². The van der Waals surface area contributed by atoms with Crippen LogP contribution >= 0.6 is 11.6 Å². The lowest BCUT2D eigenvalue weighted by Gasteiger charge is -2.16. The van der Waals surface area contributed by atoms with Gasteiger partial charge in [0.05, 0.1) is 8.07 Å². The van der Waals surface area contributed by atoms with E-state index in [2.05, 4.69) is 31.8 Å². The van der Waals surface area contributed by atoms with Crippen molar-refractivity contribution in [1.29, 1.82) is 0 Å². The topological polar surface area (TPSA) is 0 Å². The minimum atomic E-state index is -0.980. The van der Waals surface area contributed by atoms with Crippen LogP contribution in [0.4, 0.5) is 0 Å². The summed E-state index contributed by atoms with van der Waals surface area (Å²) in [5.74, 6) is 0.820. The molecule has 0 saturated carbocycles. The zero-order valence-electron chi connectivity index (χ0n) is 7.86. The molecule has 0 N–H and O–H groups in total. The summed E-state index contributed by atoms with van der Waals surface area (Å²) in [5.41, 5.74) is 2.40. The van der Waals surface area contributed by atoms with E-state index in [1.54, 1.807) is 0 Å². The van der Waals surface area contributed by atoms with E-state index in [-0.39, 0.29) is 0 Å². The van der Waals surface area contributed by atoms with Crippen molar-refractivity contribution in [3.63, 3.8) is 0 Å². The van der Waals surface area contributed by atoms with Crippen molar-refractivity contribution < 1.29 is 0 Å². The van der Waals surface area contributed by atoms with Crippen molar-refractivity contribution in [1.82, 2.24) is 0 Å². The predicted octanol–water partition coefficient (Wildman–Crippen LogP) is 3.83. The molecular weight excluding hydrogens is 172 g/mol. The number of alkyl halides is 1. The van der Waals surface area contributed by atoms with E-state index in [0.29, 0.717) is 0 Å². The van der Waals surface area contributed by atoms with Crippen LogP contribution in [0, 0.1) is 0 Å². The molecule has 0 spiro atoms. The van der Waals surface area contributed by atoms with Gasteiger partial charge < -0.3 is 0 Å². The van der Waals surface area contributed by atoms with Gasteiger partial charge in [0, 0.05) is 5.88 Å². The van der Waals surface area contributed by atoms with Crippen LogP contribution in [-0.2, 0) is 0 Å². The van der Waals surface area contributed by atoms with E-state index in [4.69, 9.17) is 11.6 Å². The molecule has 0 unspecified atom stereocenters. The van der Waals surface area contributed by atoms with E-state index < -0.39 is 8.07 Å². The van der Waals surface area contributed by atoms with Gasteiger partial charge in [-0.25, -0.2) is 0 Å². The third kappa shape index (κ3) is 6.64. The molecule has 0 heterocycles. The number of allylic oxidation sites excluding steroid dienone is 1. The summed E-state index contributed by atoms with van der Waals surface area (Å²) in [7, 11) is -0.980. The smallest absolute Gasteiger partial charge is 0.0713 e. The fraction of sp³-hybridized carbons (Fsp3) is 0.778. The molecular formula is C9H19ClSi. The molecule has 0 aliphatic rings. The second-order valence-corrected chi connectivity index (χ2v) is 8.82. The Kier molecular flexibility index (Phi) is 5.97. The van der Waals surface area contributed by atoms with Crippen LogP contribution in [-0.4, -0.2) is 14.0 Å². The predicted molar refractivity (Wildman–Crippen MR) is 57.1 cm³/mol. The Bertz CT molecular complexity index is 119. The molecule has 0 fully saturated rings. The third-order valence-corrected chi connectivity index (χ3v) is 4.97. The second kappa shape index (κ2) is 5.84. The summed E-state index contributed by atoms with van der Waals surface area (Å²) in [5, 5.41) is 0. The molecule has 0 aromatic rings. The van der Waals surface area contributed by atoms with E-state index in [1.165, 1.54) is 18.9 Å². The molecule has 0 aromatic carbocycles. The molecule has 0 aliphatic carbocycles. The maximum Gasteiger partial charge on any atom is 0.0713 e. The van der Waals surface area contributed by atoms with Crippen LogP contribution in [0.5, 0.6) is 0 Å². The SMILES string of the molecule is C/C=C\[Si](C)(C)CCCCCl. The molecule has 0 atom stereocenters. The Morgan fingerprint density at radius 2 is 1.91 bits per heavy atom. The van der Waals surface area contributed by atoms with Crippen LogP contribution in [0.1, 0.15) is 19.8 Å². The quantitative estimate of drug-likeness (QED) is 0.351. The lowest BCUT2D eigenvalue weighted by molar-refractivity contribution is 0.876. The Morgan fingerprint density at radius 1 is 1.27 bits per heavy atom. The summed E-state index contributed by atoms with van der Waals surface area (Å²) >= 11 is 5.60. The van der Waals surface area contributed by atoms with Crippen LogP contribution in [0.3, 0.4) is 0 Å². The summed E-state index contributed by atoms with van der Waals surface area (Å²) < 4.78 is 0. The molecule has 0 bridgehead atoms. The third-order valence-electron chi connectivity index (χ3n) is 1.82. The van der Waals surface area contributed by atoms with E-state index >= 15 is 0 Å². The van der Waals surface area contributed by atoms with Gasteiger partial charge in [0.2, 0.25) is 0 Å². The summed E-state index contributed by atoms with van der Waals surface area (Å²) in [6.07, 6.45) is 4.66. The van der Waals surface area contributed by atoms with E-state index in [9.17, 15) is 0 Å². The standard InChI is InChI=1S/C9H19ClSi/c1-4-8-11(2,3)9-6-5-7-10/h4,8H,5-7,9H2,1-3H3/b8-4-. The lowest BCUT2D eigenvalue weighted by Crippen LogP contribution is -2.21. The van der Waals surface area contributed by atoms with Crippen LogP contribution < -0.4 is 0 Å². The van der Waals surface area contributed by atoms with Gasteiger partial charge in [-0.2, -0.15) is 0 Å². The minimum Gasteiger partial charge on any atom is -0.127 e. The number of halogens is 1. The second-order valence-electron chi connectivity index (χ2n) is 3.63. The average Bonchev–Trinajstić information content (AvgIpc) is 1.87. The van der Waals surface area contributed by atoms with Gasteiger partial charge in [-0.3, -0.25) is 0 Å². The monoisotopic (exact) mass is 190 g/mol. The van der Waals surface area contributed by atoms with Gasteiger partial charge in [-0.05, 0) is 13.3 Å². The van der Waals surface area contributed by atoms with Crippen LogP contribution in [0.15, 0.2) is 11.8 Å². The van der Waals surface area contributed by atoms with Gasteiger partial charge in [0.1, 0.15) is 0 Å². The Morgan fingerprint density at radius 3 is 2.36 bits per heavy atom. The van der Waals surface area contributed by atoms with Crippen LogP contribution in [0.25, 0.3) is 0 Å². The molecule has 0 amide bonds. The highest BCUT2D eigenvalue weighted by atomic mass is 35.5. The largest absolute Gasteiger partial charge is 0.127 e. The molecule has 0 saturated heterocycles. The normalized spacial score (nSPS) is 12.7. The molecule has 2 heteroatoms. The molecule has 0 nitrogen and oxygen atoms in total. The maximum absolute atomic E-state index is 5.60. The first-order chi connectivity index (χ1) is 5.12.